The van der Waals surface area contributed by atoms with Crippen molar-refractivity contribution in [2.45, 2.75) is 6.42 Å². The van der Waals surface area contributed by atoms with Gasteiger partial charge in [0.25, 0.3) is 11.5 Å². The Hall–Kier alpha value is -2.70. The molecule has 6 nitrogen and oxygen atoms in total. The second-order valence-electron chi connectivity index (χ2n) is 5.24. The highest BCUT2D eigenvalue weighted by atomic mass is 35.5. The molecule has 0 bridgehead atoms. The van der Waals surface area contributed by atoms with Crippen LogP contribution in [0.4, 0.5) is 5.69 Å². The summed E-state index contributed by atoms with van der Waals surface area (Å²) < 4.78 is 0. The molecule has 25 heavy (non-hydrogen) atoms. The summed E-state index contributed by atoms with van der Waals surface area (Å²) in [6, 6.07) is 11.1. The smallest absolute Gasteiger partial charge is 0.292 e. The molecular weight excluding hydrogens is 365 g/mol. The van der Waals surface area contributed by atoms with Crippen molar-refractivity contribution in [2.24, 2.45) is 0 Å². The Labute approximate surface area is 151 Å². The topological polar surface area (TPSA) is 91.9 Å². The van der Waals surface area contributed by atoms with Crippen LogP contribution in [0.2, 0.25) is 10.0 Å². The molecule has 3 aromatic rings. The molecule has 0 fully saturated rings. The maximum atomic E-state index is 12.1. The van der Waals surface area contributed by atoms with Crippen molar-refractivity contribution in [1.29, 1.82) is 0 Å². The molecule has 0 aliphatic rings. The third-order valence-electron chi connectivity index (χ3n) is 3.41. The fourth-order valence-corrected chi connectivity index (χ4v) is 2.48. The average Bonchev–Trinajstić information content (AvgIpc) is 2.57. The molecule has 0 spiro atoms. The van der Waals surface area contributed by atoms with E-state index in [1.165, 1.54) is 0 Å². The van der Waals surface area contributed by atoms with Crippen LogP contribution in [-0.2, 0) is 16.0 Å². The van der Waals surface area contributed by atoms with E-state index in [2.05, 4.69) is 15.3 Å². The second kappa shape index (κ2) is 7.04. The fourth-order valence-electron chi connectivity index (χ4n) is 2.18. The lowest BCUT2D eigenvalue weighted by atomic mass is 10.2. The number of benzene rings is 2. The highest BCUT2D eigenvalue weighted by Gasteiger charge is 2.18. The molecule has 0 unspecified atom stereocenters. The van der Waals surface area contributed by atoms with E-state index < -0.39 is 23.7 Å². The fraction of sp³-hybridized carbons (Fsp3) is 0.0588. The zero-order valence-corrected chi connectivity index (χ0v) is 14.2. The highest BCUT2D eigenvalue weighted by molar-refractivity contribution is 6.41. The van der Waals surface area contributed by atoms with Gasteiger partial charge in [-0.2, -0.15) is 0 Å². The van der Waals surface area contributed by atoms with E-state index >= 15 is 0 Å². The molecule has 1 aromatic heterocycles. The molecule has 0 radical (unpaired) electrons. The van der Waals surface area contributed by atoms with Gasteiger partial charge in [0.2, 0.25) is 5.78 Å². The predicted octanol–water partition coefficient (Wildman–Crippen LogP) is 2.98. The number of H-pyrrole nitrogens is 1. The van der Waals surface area contributed by atoms with Crippen LogP contribution in [0.5, 0.6) is 0 Å². The number of carbonyl (C=O) groups is 2. The van der Waals surface area contributed by atoms with Gasteiger partial charge in [-0.3, -0.25) is 14.4 Å². The molecule has 0 aliphatic heterocycles. The van der Waals surface area contributed by atoms with Crippen LogP contribution in [-0.4, -0.2) is 21.7 Å². The predicted molar refractivity (Wildman–Crippen MR) is 96.2 cm³/mol. The Balaban J connectivity index is 1.78. The van der Waals surface area contributed by atoms with Crippen molar-refractivity contribution >= 4 is 51.6 Å². The summed E-state index contributed by atoms with van der Waals surface area (Å²) in [4.78, 5) is 42.8. The molecular formula is C17H11Cl2N3O3. The number of Topliss-reactive ketones (excluding diaryl/α,β-unsaturated/α-hetero) is 1. The number of amides is 1. The van der Waals surface area contributed by atoms with Crippen molar-refractivity contribution < 1.29 is 9.59 Å². The van der Waals surface area contributed by atoms with Crippen LogP contribution in [0.3, 0.4) is 0 Å². The summed E-state index contributed by atoms with van der Waals surface area (Å²) in [5.41, 5.74) is 0.787. The highest BCUT2D eigenvalue weighted by Crippen LogP contribution is 2.15. The lowest BCUT2D eigenvalue weighted by Crippen LogP contribution is -2.28. The van der Waals surface area contributed by atoms with E-state index in [9.17, 15) is 14.4 Å². The largest absolute Gasteiger partial charge is 0.319 e. The van der Waals surface area contributed by atoms with Crippen LogP contribution < -0.4 is 10.9 Å². The molecule has 126 valence electrons. The number of fused-ring (bicyclic) bond motifs is 1. The number of hydrogen-bond donors (Lipinski definition) is 2. The third-order valence-corrected chi connectivity index (χ3v) is 3.89. The van der Waals surface area contributed by atoms with Crippen LogP contribution >= 0.6 is 23.2 Å². The maximum absolute atomic E-state index is 12.1. The van der Waals surface area contributed by atoms with Gasteiger partial charge in [0.05, 0.1) is 17.5 Å². The Kier molecular flexibility index (Phi) is 4.83. The van der Waals surface area contributed by atoms with Gasteiger partial charge < -0.3 is 10.3 Å². The van der Waals surface area contributed by atoms with Gasteiger partial charge in [-0.25, -0.2) is 4.98 Å². The Morgan fingerprint density at radius 2 is 1.72 bits per heavy atom. The van der Waals surface area contributed by atoms with Gasteiger partial charge in [0, 0.05) is 15.7 Å². The van der Waals surface area contributed by atoms with Crippen molar-refractivity contribution in [1.82, 2.24) is 9.97 Å². The number of nitrogens with one attached hydrogen (secondary N) is 2. The zero-order chi connectivity index (χ0) is 18.0. The maximum Gasteiger partial charge on any atom is 0.292 e. The molecule has 1 amide bonds. The number of aromatic nitrogens is 2. The number of hydrogen-bond acceptors (Lipinski definition) is 4. The Morgan fingerprint density at radius 1 is 1.04 bits per heavy atom. The molecule has 1 heterocycles. The van der Waals surface area contributed by atoms with Gasteiger partial charge >= 0.3 is 0 Å². The lowest BCUT2D eigenvalue weighted by molar-refractivity contribution is -0.134. The van der Waals surface area contributed by atoms with Gasteiger partial charge in [0.15, 0.2) is 0 Å². The number of halogens is 2. The van der Waals surface area contributed by atoms with Crippen molar-refractivity contribution in [2.75, 3.05) is 5.32 Å². The molecule has 3 rings (SSSR count). The first-order valence-electron chi connectivity index (χ1n) is 7.20. The van der Waals surface area contributed by atoms with E-state index in [-0.39, 0.29) is 5.69 Å². The Bertz CT molecular complexity index is 1030. The van der Waals surface area contributed by atoms with E-state index in [1.54, 1.807) is 42.5 Å². The summed E-state index contributed by atoms with van der Waals surface area (Å²) in [7, 11) is 0. The number of rotatable bonds is 4. The third kappa shape index (κ3) is 4.04. The van der Waals surface area contributed by atoms with Gasteiger partial charge in [-0.05, 0) is 42.5 Å². The van der Waals surface area contributed by atoms with Crippen LogP contribution in [0.25, 0.3) is 11.0 Å². The number of anilines is 1. The van der Waals surface area contributed by atoms with Crippen LogP contribution in [0, 0.1) is 0 Å². The SMILES string of the molecule is O=C(Cc1nc2ccc(Cl)cc2[nH]c1=O)C(=O)Nc1ccc(Cl)cc1. The number of aromatic amines is 1. The summed E-state index contributed by atoms with van der Waals surface area (Å²) in [6.07, 6.45) is -0.409. The van der Waals surface area contributed by atoms with E-state index in [1.807, 2.05) is 0 Å². The molecule has 2 N–H and O–H groups in total. The van der Waals surface area contributed by atoms with E-state index in [0.717, 1.165) is 0 Å². The Morgan fingerprint density at radius 3 is 2.44 bits per heavy atom. The summed E-state index contributed by atoms with van der Waals surface area (Å²) in [6.45, 7) is 0. The van der Waals surface area contributed by atoms with E-state index in [0.29, 0.717) is 26.8 Å². The second-order valence-corrected chi connectivity index (χ2v) is 6.11. The van der Waals surface area contributed by atoms with E-state index in [4.69, 9.17) is 23.2 Å². The first-order valence-corrected chi connectivity index (χ1v) is 7.96. The monoisotopic (exact) mass is 375 g/mol. The van der Waals surface area contributed by atoms with Crippen LogP contribution in [0.15, 0.2) is 47.3 Å². The average molecular weight is 376 g/mol. The van der Waals surface area contributed by atoms with Crippen molar-refractivity contribution in [3.8, 4) is 0 Å². The summed E-state index contributed by atoms with van der Waals surface area (Å²) >= 11 is 11.6. The summed E-state index contributed by atoms with van der Waals surface area (Å²) in [5.74, 6) is -1.61. The first kappa shape index (κ1) is 17.1. The standard InChI is InChI=1S/C17H11Cl2N3O3/c18-9-1-4-11(5-2-9)20-17(25)15(23)8-14-16(24)22-13-7-10(19)3-6-12(13)21-14/h1-7H,8H2,(H,20,25)(H,22,24). The van der Waals surface area contributed by atoms with Crippen molar-refractivity contribution in [3.63, 3.8) is 0 Å². The summed E-state index contributed by atoms with van der Waals surface area (Å²) in [5, 5.41) is 3.41. The lowest BCUT2D eigenvalue weighted by Gasteiger charge is -2.05. The van der Waals surface area contributed by atoms with Gasteiger partial charge in [0.1, 0.15) is 5.69 Å². The number of ketones is 1. The molecule has 0 saturated carbocycles. The molecule has 2 aromatic carbocycles. The quantitative estimate of drug-likeness (QED) is 0.685. The first-order chi connectivity index (χ1) is 11.9. The van der Waals surface area contributed by atoms with Gasteiger partial charge in [-0.15, -0.1) is 0 Å². The molecule has 8 heteroatoms. The molecule has 0 aliphatic carbocycles. The normalized spacial score (nSPS) is 10.6. The molecule has 0 saturated heterocycles. The minimum absolute atomic E-state index is 0.0360. The van der Waals surface area contributed by atoms with Gasteiger partial charge in [-0.1, -0.05) is 23.2 Å². The van der Waals surface area contributed by atoms with Crippen molar-refractivity contribution in [3.05, 3.63) is 68.6 Å². The molecule has 0 atom stereocenters. The number of nitrogens with zero attached hydrogens (tertiary/aromatic N) is 1. The number of carbonyl (C=O) groups excluding carboxylic acids is 2. The zero-order valence-electron chi connectivity index (χ0n) is 12.7. The minimum Gasteiger partial charge on any atom is -0.319 e. The minimum atomic E-state index is -0.834. The van der Waals surface area contributed by atoms with Crippen LogP contribution in [0.1, 0.15) is 5.69 Å².